The van der Waals surface area contributed by atoms with Crippen LogP contribution in [0.1, 0.15) is 32.3 Å². The first kappa shape index (κ1) is 22.1. The number of primary amides is 1. The number of ether oxygens (including phenoxy) is 2. The van der Waals surface area contributed by atoms with Crippen molar-refractivity contribution >= 4 is 23.8 Å². The maximum absolute atomic E-state index is 12.2. The molecule has 3 N–H and O–H groups in total. The van der Waals surface area contributed by atoms with Crippen LogP contribution in [0.4, 0.5) is 0 Å². The van der Waals surface area contributed by atoms with E-state index in [1.54, 1.807) is 13.8 Å². The minimum Gasteiger partial charge on any atom is -0.466 e. The van der Waals surface area contributed by atoms with Crippen LogP contribution in [0.3, 0.4) is 0 Å². The molecule has 0 spiro atoms. The highest BCUT2D eigenvalue weighted by molar-refractivity contribution is 5.93. The number of nitrogens with two attached hydrogens (primary N) is 1. The molecule has 2 atom stereocenters. The third-order valence-electron chi connectivity index (χ3n) is 3.79. The largest absolute Gasteiger partial charge is 0.466 e. The first-order valence-corrected chi connectivity index (χ1v) is 8.83. The van der Waals surface area contributed by atoms with Crippen LogP contribution in [0, 0.1) is 5.92 Å². The highest BCUT2D eigenvalue weighted by Gasteiger charge is 2.37. The lowest BCUT2D eigenvalue weighted by Crippen LogP contribution is -2.52. The maximum Gasteiger partial charge on any atom is 0.312 e. The van der Waals surface area contributed by atoms with Crippen LogP contribution in [0.5, 0.6) is 0 Å². The first-order chi connectivity index (χ1) is 12.9. The average molecular weight is 378 g/mol. The molecular weight excluding hydrogens is 352 g/mol. The van der Waals surface area contributed by atoms with Crippen molar-refractivity contribution in [3.8, 4) is 0 Å². The van der Waals surface area contributed by atoms with Gasteiger partial charge in [0.05, 0.1) is 25.6 Å². The highest BCUT2D eigenvalue weighted by atomic mass is 16.5. The van der Waals surface area contributed by atoms with Crippen LogP contribution >= 0.6 is 0 Å². The number of rotatable bonds is 11. The molecule has 0 fully saturated rings. The molecule has 2 amide bonds. The van der Waals surface area contributed by atoms with E-state index >= 15 is 0 Å². The van der Waals surface area contributed by atoms with Crippen molar-refractivity contribution in [3.63, 3.8) is 0 Å². The summed E-state index contributed by atoms with van der Waals surface area (Å²) in [7, 11) is 0. The Kier molecular flexibility index (Phi) is 9.57. The smallest absolute Gasteiger partial charge is 0.312 e. The summed E-state index contributed by atoms with van der Waals surface area (Å²) in [5.74, 6) is -4.11. The van der Waals surface area contributed by atoms with Crippen LogP contribution in [0.15, 0.2) is 30.3 Å². The number of amides is 2. The average Bonchev–Trinajstić information content (AvgIpc) is 2.64. The monoisotopic (exact) mass is 378 g/mol. The summed E-state index contributed by atoms with van der Waals surface area (Å²) in [5.41, 5.74) is 6.32. The summed E-state index contributed by atoms with van der Waals surface area (Å²) in [6.07, 6.45) is 0.141. The van der Waals surface area contributed by atoms with Gasteiger partial charge in [0.2, 0.25) is 11.8 Å². The van der Waals surface area contributed by atoms with Crippen molar-refractivity contribution in [2.75, 3.05) is 13.2 Å². The second kappa shape index (κ2) is 11.7. The third-order valence-corrected chi connectivity index (χ3v) is 3.79. The topological polar surface area (TPSA) is 125 Å². The SMILES string of the molecule is CCOC(=O)C[C@H](C(=O)OCC)[C@@H](NC(=O)CCc1ccccc1)C(N)=O. The van der Waals surface area contributed by atoms with Gasteiger partial charge in [-0.3, -0.25) is 19.2 Å². The van der Waals surface area contributed by atoms with Gasteiger partial charge in [0.25, 0.3) is 0 Å². The number of hydrogen-bond donors (Lipinski definition) is 2. The number of carbonyl (C=O) groups is 4. The van der Waals surface area contributed by atoms with Gasteiger partial charge < -0.3 is 20.5 Å². The quantitative estimate of drug-likeness (QED) is 0.547. The Morgan fingerprint density at radius 2 is 1.67 bits per heavy atom. The van der Waals surface area contributed by atoms with Crippen LogP contribution in [0.2, 0.25) is 0 Å². The van der Waals surface area contributed by atoms with Crippen molar-refractivity contribution in [1.29, 1.82) is 0 Å². The molecule has 0 radical (unpaired) electrons. The van der Waals surface area contributed by atoms with Gasteiger partial charge in [-0.1, -0.05) is 30.3 Å². The molecule has 1 aromatic carbocycles. The van der Waals surface area contributed by atoms with Gasteiger partial charge in [-0.25, -0.2) is 0 Å². The molecule has 0 heterocycles. The van der Waals surface area contributed by atoms with Crippen molar-refractivity contribution in [2.45, 2.75) is 39.2 Å². The van der Waals surface area contributed by atoms with Crippen molar-refractivity contribution in [3.05, 3.63) is 35.9 Å². The second-order valence-corrected chi connectivity index (χ2v) is 5.80. The fourth-order valence-corrected chi connectivity index (χ4v) is 2.50. The Morgan fingerprint density at radius 3 is 2.22 bits per heavy atom. The Morgan fingerprint density at radius 1 is 1.04 bits per heavy atom. The van der Waals surface area contributed by atoms with E-state index in [1.165, 1.54) is 0 Å². The molecule has 0 aliphatic rings. The summed E-state index contributed by atoms with van der Waals surface area (Å²) in [4.78, 5) is 48.1. The molecular formula is C19H26N2O6. The highest BCUT2D eigenvalue weighted by Crippen LogP contribution is 2.14. The van der Waals surface area contributed by atoms with E-state index in [-0.39, 0.29) is 19.6 Å². The molecule has 8 heteroatoms. The van der Waals surface area contributed by atoms with Crippen molar-refractivity contribution < 1.29 is 28.7 Å². The number of nitrogens with one attached hydrogen (secondary N) is 1. The lowest BCUT2D eigenvalue weighted by atomic mass is 9.95. The Hall–Kier alpha value is -2.90. The number of hydrogen-bond acceptors (Lipinski definition) is 6. The lowest BCUT2D eigenvalue weighted by Gasteiger charge is -2.23. The molecule has 0 bridgehead atoms. The minimum absolute atomic E-state index is 0.0611. The van der Waals surface area contributed by atoms with Crippen molar-refractivity contribution in [2.24, 2.45) is 11.7 Å². The summed E-state index contributed by atoms with van der Waals surface area (Å²) >= 11 is 0. The molecule has 0 saturated carbocycles. The van der Waals surface area contributed by atoms with E-state index in [0.717, 1.165) is 5.56 Å². The molecule has 0 aromatic heterocycles. The van der Waals surface area contributed by atoms with Gasteiger partial charge in [0.1, 0.15) is 6.04 Å². The summed E-state index contributed by atoms with van der Waals surface area (Å²) < 4.78 is 9.75. The molecule has 1 rings (SSSR count). The molecule has 1 aromatic rings. The Balaban J connectivity index is 2.82. The molecule has 8 nitrogen and oxygen atoms in total. The zero-order valence-electron chi connectivity index (χ0n) is 15.6. The van der Waals surface area contributed by atoms with Crippen LogP contribution in [0.25, 0.3) is 0 Å². The third kappa shape index (κ3) is 7.89. The van der Waals surface area contributed by atoms with Gasteiger partial charge in [-0.2, -0.15) is 0 Å². The Labute approximate surface area is 158 Å². The molecule has 27 heavy (non-hydrogen) atoms. The van der Waals surface area contributed by atoms with Gasteiger partial charge >= 0.3 is 11.9 Å². The number of carbonyl (C=O) groups excluding carboxylic acids is 4. The van der Waals surface area contributed by atoms with Crippen molar-refractivity contribution in [1.82, 2.24) is 5.32 Å². The fraction of sp³-hybridized carbons (Fsp3) is 0.474. The fourth-order valence-electron chi connectivity index (χ4n) is 2.50. The molecule has 0 aliphatic carbocycles. The molecule has 0 aliphatic heterocycles. The molecule has 0 saturated heterocycles. The summed E-state index contributed by atoms with van der Waals surface area (Å²) in [6.45, 7) is 3.40. The van der Waals surface area contributed by atoms with E-state index < -0.39 is 42.1 Å². The van der Waals surface area contributed by atoms with Crippen LogP contribution in [-0.4, -0.2) is 43.0 Å². The zero-order chi connectivity index (χ0) is 20.2. The predicted molar refractivity (Wildman–Crippen MR) is 97.3 cm³/mol. The normalized spacial score (nSPS) is 12.5. The number of aryl methyl sites for hydroxylation is 1. The van der Waals surface area contributed by atoms with E-state index in [2.05, 4.69) is 5.32 Å². The summed E-state index contributed by atoms with van der Waals surface area (Å²) in [6, 6.07) is 7.97. The van der Waals surface area contributed by atoms with Gasteiger partial charge in [-0.05, 0) is 25.8 Å². The minimum atomic E-state index is -1.36. The predicted octanol–water partition coefficient (Wildman–Crippen LogP) is 0.722. The van der Waals surface area contributed by atoms with Gasteiger partial charge in [0, 0.05) is 6.42 Å². The van der Waals surface area contributed by atoms with Crippen LogP contribution in [-0.2, 0) is 35.1 Å². The van der Waals surface area contributed by atoms with E-state index in [0.29, 0.717) is 6.42 Å². The lowest BCUT2D eigenvalue weighted by molar-refractivity contribution is -0.157. The van der Waals surface area contributed by atoms with E-state index in [4.69, 9.17) is 15.2 Å². The molecule has 0 unspecified atom stereocenters. The maximum atomic E-state index is 12.2. The van der Waals surface area contributed by atoms with Gasteiger partial charge in [0.15, 0.2) is 0 Å². The van der Waals surface area contributed by atoms with Gasteiger partial charge in [-0.15, -0.1) is 0 Å². The molecule has 148 valence electrons. The second-order valence-electron chi connectivity index (χ2n) is 5.80. The Bertz CT molecular complexity index is 647. The number of benzene rings is 1. The summed E-state index contributed by atoms with van der Waals surface area (Å²) in [5, 5.41) is 2.45. The zero-order valence-corrected chi connectivity index (χ0v) is 15.6. The first-order valence-electron chi connectivity index (χ1n) is 8.83. The van der Waals surface area contributed by atoms with E-state index in [9.17, 15) is 19.2 Å². The van der Waals surface area contributed by atoms with E-state index in [1.807, 2.05) is 30.3 Å². The number of esters is 2. The van der Waals surface area contributed by atoms with Crippen LogP contribution < -0.4 is 11.1 Å². The standard InChI is InChI=1S/C19H26N2O6/c1-3-26-16(23)12-14(19(25)27-4-2)17(18(20)24)21-15(22)11-10-13-8-6-5-7-9-13/h5-9,14,17H,3-4,10-12H2,1-2H3,(H2,20,24)(H,21,22)/t14-,17+/m0/s1.